The fourth-order valence-electron chi connectivity index (χ4n) is 2.49. The molecule has 1 aliphatic rings. The predicted octanol–water partition coefficient (Wildman–Crippen LogP) is 1.80. The summed E-state index contributed by atoms with van der Waals surface area (Å²) in [5, 5.41) is 0. The third-order valence-electron chi connectivity index (χ3n) is 3.39. The van der Waals surface area contributed by atoms with Crippen LogP contribution in [0.4, 0.5) is 0 Å². The zero-order valence-corrected chi connectivity index (χ0v) is 13.1. The smallest absolute Gasteiger partial charge is 0.243 e. The molecular formula is C14H21NO4S. The van der Waals surface area contributed by atoms with Crippen LogP contribution < -0.4 is 4.74 Å². The Hall–Kier alpha value is -1.11. The predicted molar refractivity (Wildman–Crippen MR) is 76.5 cm³/mol. The van der Waals surface area contributed by atoms with Gasteiger partial charge in [-0.05, 0) is 44.5 Å². The Labute approximate surface area is 120 Å². The minimum atomic E-state index is -3.48. The minimum Gasteiger partial charge on any atom is -0.496 e. The van der Waals surface area contributed by atoms with Crippen molar-refractivity contribution < 1.29 is 17.9 Å². The van der Waals surface area contributed by atoms with Crippen molar-refractivity contribution in [1.82, 2.24) is 4.31 Å². The van der Waals surface area contributed by atoms with Crippen molar-refractivity contribution in [2.24, 2.45) is 0 Å². The summed E-state index contributed by atoms with van der Waals surface area (Å²) in [6, 6.07) is 4.93. The van der Waals surface area contributed by atoms with Crippen LogP contribution in [0.2, 0.25) is 0 Å². The van der Waals surface area contributed by atoms with Crippen LogP contribution in [0.15, 0.2) is 23.1 Å². The number of hydrogen-bond acceptors (Lipinski definition) is 4. The maximum atomic E-state index is 12.7. The number of morpholine rings is 1. The molecule has 5 nitrogen and oxygen atoms in total. The molecule has 0 amide bonds. The highest BCUT2D eigenvalue weighted by molar-refractivity contribution is 7.89. The van der Waals surface area contributed by atoms with Gasteiger partial charge >= 0.3 is 0 Å². The third kappa shape index (κ3) is 2.97. The highest BCUT2D eigenvalue weighted by atomic mass is 32.2. The van der Waals surface area contributed by atoms with E-state index in [2.05, 4.69) is 0 Å². The highest BCUT2D eigenvalue weighted by Crippen LogP contribution is 2.25. The maximum Gasteiger partial charge on any atom is 0.243 e. The minimum absolute atomic E-state index is 0.0899. The lowest BCUT2D eigenvalue weighted by atomic mass is 10.2. The Morgan fingerprint density at radius 1 is 1.25 bits per heavy atom. The molecule has 0 radical (unpaired) electrons. The molecule has 0 spiro atoms. The van der Waals surface area contributed by atoms with E-state index in [1.165, 1.54) is 4.31 Å². The Balaban J connectivity index is 2.32. The van der Waals surface area contributed by atoms with Crippen molar-refractivity contribution >= 4 is 10.0 Å². The Kier molecular flexibility index (Phi) is 4.36. The topological polar surface area (TPSA) is 55.8 Å². The lowest BCUT2D eigenvalue weighted by Gasteiger charge is -2.34. The average Bonchev–Trinajstić information content (AvgIpc) is 2.37. The van der Waals surface area contributed by atoms with Gasteiger partial charge in [0.25, 0.3) is 0 Å². The molecule has 0 unspecified atom stereocenters. The number of aryl methyl sites for hydroxylation is 1. The average molecular weight is 299 g/mol. The van der Waals surface area contributed by atoms with Crippen molar-refractivity contribution in [3.05, 3.63) is 23.8 Å². The molecule has 0 bridgehead atoms. The van der Waals surface area contributed by atoms with Gasteiger partial charge in [-0.2, -0.15) is 4.31 Å². The molecule has 2 atom stereocenters. The van der Waals surface area contributed by atoms with E-state index in [4.69, 9.17) is 9.47 Å². The Bertz CT molecular complexity index is 575. The molecule has 1 aliphatic heterocycles. The zero-order chi connectivity index (χ0) is 14.9. The summed E-state index contributed by atoms with van der Waals surface area (Å²) in [5.41, 5.74) is 0.808. The highest BCUT2D eigenvalue weighted by Gasteiger charge is 2.32. The van der Waals surface area contributed by atoms with Crippen molar-refractivity contribution in [2.45, 2.75) is 37.9 Å². The molecule has 1 fully saturated rings. The Morgan fingerprint density at radius 2 is 1.85 bits per heavy atom. The van der Waals surface area contributed by atoms with Gasteiger partial charge in [-0.1, -0.05) is 0 Å². The molecule has 0 saturated carbocycles. The molecule has 0 aliphatic carbocycles. The van der Waals surface area contributed by atoms with Crippen molar-refractivity contribution in [1.29, 1.82) is 0 Å². The van der Waals surface area contributed by atoms with E-state index in [0.717, 1.165) is 5.56 Å². The summed E-state index contributed by atoms with van der Waals surface area (Å²) in [7, 11) is -1.91. The second-order valence-electron chi connectivity index (χ2n) is 5.21. The van der Waals surface area contributed by atoms with Crippen molar-refractivity contribution in [3.8, 4) is 5.75 Å². The van der Waals surface area contributed by atoms with Gasteiger partial charge in [-0.3, -0.25) is 0 Å². The fourth-order valence-corrected chi connectivity index (χ4v) is 4.16. The maximum absolute atomic E-state index is 12.7. The summed E-state index contributed by atoms with van der Waals surface area (Å²) in [5.74, 6) is 0.688. The van der Waals surface area contributed by atoms with Gasteiger partial charge in [0.2, 0.25) is 10.0 Å². The van der Waals surface area contributed by atoms with Crippen LogP contribution in [-0.4, -0.2) is 45.1 Å². The van der Waals surface area contributed by atoms with Crippen molar-refractivity contribution in [3.63, 3.8) is 0 Å². The molecule has 1 heterocycles. The van der Waals surface area contributed by atoms with Gasteiger partial charge < -0.3 is 9.47 Å². The number of sulfonamides is 1. The van der Waals surface area contributed by atoms with Gasteiger partial charge in [-0.25, -0.2) is 8.42 Å². The fraction of sp³-hybridized carbons (Fsp3) is 0.571. The first-order valence-corrected chi connectivity index (χ1v) is 8.09. The molecule has 20 heavy (non-hydrogen) atoms. The van der Waals surface area contributed by atoms with E-state index < -0.39 is 10.0 Å². The molecule has 1 aromatic rings. The second kappa shape index (κ2) is 5.71. The van der Waals surface area contributed by atoms with Gasteiger partial charge in [0.05, 0.1) is 24.2 Å². The summed E-state index contributed by atoms with van der Waals surface area (Å²) in [6.07, 6.45) is -0.180. The first-order chi connectivity index (χ1) is 9.34. The summed E-state index contributed by atoms with van der Waals surface area (Å²) in [6.45, 7) is 6.38. The van der Waals surface area contributed by atoms with E-state index in [1.54, 1.807) is 25.3 Å². The molecule has 112 valence electrons. The second-order valence-corrected chi connectivity index (χ2v) is 7.15. The van der Waals surface area contributed by atoms with Crippen LogP contribution in [0.5, 0.6) is 5.75 Å². The molecule has 1 aromatic carbocycles. The van der Waals surface area contributed by atoms with Gasteiger partial charge in [0, 0.05) is 13.1 Å². The summed E-state index contributed by atoms with van der Waals surface area (Å²) in [4.78, 5) is 0.303. The lowest BCUT2D eigenvalue weighted by Crippen LogP contribution is -2.48. The normalized spacial score (nSPS) is 24.6. The van der Waals surface area contributed by atoms with Gasteiger partial charge in [0.15, 0.2) is 0 Å². The van der Waals surface area contributed by atoms with E-state index in [-0.39, 0.29) is 12.2 Å². The monoisotopic (exact) mass is 299 g/mol. The lowest BCUT2D eigenvalue weighted by molar-refractivity contribution is -0.0440. The van der Waals surface area contributed by atoms with Gasteiger partial charge in [-0.15, -0.1) is 0 Å². The molecular weight excluding hydrogens is 278 g/mol. The number of hydrogen-bond donors (Lipinski definition) is 0. The quantitative estimate of drug-likeness (QED) is 0.854. The number of nitrogens with zero attached hydrogens (tertiary/aromatic N) is 1. The standard InChI is InChI=1S/C14H21NO4S/c1-10-7-13(5-6-14(10)18-4)20(16,17)15-8-11(2)19-12(3)9-15/h5-7,11-12H,8-9H2,1-4H3/t11-,12+. The third-order valence-corrected chi connectivity index (χ3v) is 5.22. The van der Waals surface area contributed by atoms with Crippen LogP contribution in [-0.2, 0) is 14.8 Å². The largest absolute Gasteiger partial charge is 0.496 e. The molecule has 1 saturated heterocycles. The van der Waals surface area contributed by atoms with E-state index in [1.807, 2.05) is 20.8 Å². The SMILES string of the molecule is COc1ccc(S(=O)(=O)N2C[C@@H](C)O[C@@H](C)C2)cc1C. The number of rotatable bonds is 3. The molecule has 6 heteroatoms. The summed E-state index contributed by atoms with van der Waals surface area (Å²) < 4.78 is 37.6. The van der Waals surface area contributed by atoms with Crippen molar-refractivity contribution in [2.75, 3.05) is 20.2 Å². The first kappa shape index (κ1) is 15.3. The van der Waals surface area contributed by atoms with E-state index >= 15 is 0 Å². The van der Waals surface area contributed by atoms with Crippen LogP contribution in [0.25, 0.3) is 0 Å². The number of ether oxygens (including phenoxy) is 2. The number of methoxy groups -OCH3 is 1. The van der Waals surface area contributed by atoms with E-state index in [9.17, 15) is 8.42 Å². The van der Waals surface area contributed by atoms with Gasteiger partial charge in [0.1, 0.15) is 5.75 Å². The Morgan fingerprint density at radius 3 is 2.35 bits per heavy atom. The first-order valence-electron chi connectivity index (χ1n) is 6.65. The van der Waals surface area contributed by atoms with Crippen LogP contribution >= 0.6 is 0 Å². The zero-order valence-electron chi connectivity index (χ0n) is 12.3. The van der Waals surface area contributed by atoms with E-state index in [0.29, 0.717) is 23.7 Å². The molecule has 0 aromatic heterocycles. The summed E-state index contributed by atoms with van der Waals surface area (Å²) >= 11 is 0. The molecule has 0 N–H and O–H groups in total. The van der Waals surface area contributed by atoms with Crippen LogP contribution in [0, 0.1) is 6.92 Å². The van der Waals surface area contributed by atoms with Crippen LogP contribution in [0.3, 0.4) is 0 Å². The molecule has 2 rings (SSSR count). The van der Waals surface area contributed by atoms with Crippen LogP contribution in [0.1, 0.15) is 19.4 Å². The number of benzene rings is 1.